The summed E-state index contributed by atoms with van der Waals surface area (Å²) in [6, 6.07) is 15.8. The summed E-state index contributed by atoms with van der Waals surface area (Å²) in [4.78, 5) is 11.2. The molecule has 0 spiro atoms. The molecule has 0 fully saturated rings. The topological polar surface area (TPSA) is 68.9 Å². The van der Waals surface area contributed by atoms with Crippen LogP contribution < -0.4 is 15.1 Å². The Labute approximate surface area is 139 Å². The Hall–Kier alpha value is -2.79. The predicted octanol–water partition coefficient (Wildman–Crippen LogP) is 2.92. The van der Waals surface area contributed by atoms with E-state index in [9.17, 15) is 9.90 Å². The minimum atomic E-state index is -0.773. The van der Waals surface area contributed by atoms with Crippen LogP contribution in [0.4, 0.5) is 0 Å². The molecule has 0 bridgehead atoms. The van der Waals surface area contributed by atoms with E-state index in [0.717, 1.165) is 10.9 Å². The molecule has 1 atom stereocenters. The minimum Gasteiger partial charge on any atom is -0.491 e. The van der Waals surface area contributed by atoms with Gasteiger partial charge in [-0.2, -0.15) is 0 Å². The van der Waals surface area contributed by atoms with E-state index < -0.39 is 11.7 Å². The molecule has 2 aromatic carbocycles. The smallest absolute Gasteiger partial charge is 0.336 e. The quantitative estimate of drug-likeness (QED) is 0.705. The van der Waals surface area contributed by atoms with E-state index in [1.807, 2.05) is 31.2 Å². The molecule has 0 aliphatic rings. The first-order chi connectivity index (χ1) is 11.6. The molecule has 124 valence electrons. The summed E-state index contributed by atoms with van der Waals surface area (Å²) in [6.07, 6.45) is -0.773. The van der Waals surface area contributed by atoms with Crippen molar-refractivity contribution in [2.75, 3.05) is 13.2 Å². The maximum absolute atomic E-state index is 11.2. The van der Waals surface area contributed by atoms with Gasteiger partial charge in [-0.05, 0) is 37.3 Å². The number of hydrogen-bond acceptors (Lipinski definition) is 5. The van der Waals surface area contributed by atoms with Gasteiger partial charge in [0.1, 0.15) is 36.4 Å². The van der Waals surface area contributed by atoms with Crippen LogP contribution in [0.5, 0.6) is 11.5 Å². The zero-order valence-corrected chi connectivity index (χ0v) is 13.3. The number of aliphatic hydroxyl groups is 1. The van der Waals surface area contributed by atoms with Crippen molar-refractivity contribution in [1.29, 1.82) is 0 Å². The highest BCUT2D eigenvalue weighted by Gasteiger charge is 2.08. The molecule has 0 aliphatic carbocycles. The van der Waals surface area contributed by atoms with E-state index in [1.165, 1.54) is 6.07 Å². The van der Waals surface area contributed by atoms with Crippen LogP contribution in [0.2, 0.25) is 0 Å². The molecule has 0 saturated heterocycles. The summed E-state index contributed by atoms with van der Waals surface area (Å²) < 4.78 is 16.1. The first kappa shape index (κ1) is 16.1. The number of aryl methyl sites for hydroxylation is 1. The van der Waals surface area contributed by atoms with Crippen LogP contribution in [0.25, 0.3) is 11.0 Å². The molecule has 3 aromatic rings. The highest BCUT2D eigenvalue weighted by Crippen LogP contribution is 2.19. The van der Waals surface area contributed by atoms with E-state index in [1.54, 1.807) is 24.3 Å². The van der Waals surface area contributed by atoms with Gasteiger partial charge in [0.05, 0.1) is 0 Å². The fourth-order valence-electron chi connectivity index (χ4n) is 2.20. The number of aliphatic hydroxyl groups excluding tert-OH is 1. The Kier molecular flexibility index (Phi) is 4.82. The maximum Gasteiger partial charge on any atom is 0.336 e. The van der Waals surface area contributed by atoms with Gasteiger partial charge < -0.3 is 19.0 Å². The van der Waals surface area contributed by atoms with Gasteiger partial charge in [0.15, 0.2) is 0 Å². The third-order valence-corrected chi connectivity index (χ3v) is 3.50. The normalized spacial score (nSPS) is 12.1. The number of fused-ring (bicyclic) bond motifs is 1. The standard InChI is InChI=1S/C19H18O5/c1-13-2-6-16(7-3-13)22-11-15(20)12-23-17-8-4-14-5-9-19(21)24-18(14)10-17/h2-10,15,20H,11-12H2,1H3. The number of ether oxygens (including phenoxy) is 2. The van der Waals surface area contributed by atoms with Crippen molar-refractivity contribution in [2.45, 2.75) is 13.0 Å². The molecule has 5 nitrogen and oxygen atoms in total. The van der Waals surface area contributed by atoms with Gasteiger partial charge >= 0.3 is 5.63 Å². The molecular weight excluding hydrogens is 308 g/mol. The number of benzene rings is 2. The number of hydrogen-bond donors (Lipinski definition) is 1. The van der Waals surface area contributed by atoms with Crippen LogP contribution >= 0.6 is 0 Å². The average Bonchev–Trinajstić information content (AvgIpc) is 2.59. The van der Waals surface area contributed by atoms with Gasteiger partial charge in [-0.25, -0.2) is 4.79 Å². The summed E-state index contributed by atoms with van der Waals surface area (Å²) in [5, 5.41) is 10.8. The third kappa shape index (κ3) is 4.14. The Morgan fingerprint density at radius 3 is 2.33 bits per heavy atom. The monoisotopic (exact) mass is 326 g/mol. The molecule has 0 radical (unpaired) electrons. The highest BCUT2D eigenvalue weighted by atomic mass is 16.5. The van der Waals surface area contributed by atoms with Gasteiger partial charge in [0.2, 0.25) is 0 Å². The minimum absolute atomic E-state index is 0.0778. The van der Waals surface area contributed by atoms with Crippen molar-refractivity contribution in [1.82, 2.24) is 0 Å². The Bertz CT molecular complexity index is 867. The summed E-state index contributed by atoms with van der Waals surface area (Å²) >= 11 is 0. The summed E-state index contributed by atoms with van der Waals surface area (Å²) in [5.41, 5.74) is 1.19. The van der Waals surface area contributed by atoms with Gasteiger partial charge in [0, 0.05) is 17.5 Å². The summed E-state index contributed by atoms with van der Waals surface area (Å²) in [5.74, 6) is 1.22. The average molecular weight is 326 g/mol. The molecule has 0 amide bonds. The van der Waals surface area contributed by atoms with Gasteiger partial charge in [-0.1, -0.05) is 17.7 Å². The fourth-order valence-corrected chi connectivity index (χ4v) is 2.20. The first-order valence-electron chi connectivity index (χ1n) is 7.64. The number of rotatable bonds is 6. The largest absolute Gasteiger partial charge is 0.491 e. The van der Waals surface area contributed by atoms with Crippen molar-refractivity contribution in [3.8, 4) is 11.5 Å². The molecule has 0 saturated carbocycles. The second-order valence-electron chi connectivity index (χ2n) is 5.54. The zero-order chi connectivity index (χ0) is 16.9. The van der Waals surface area contributed by atoms with E-state index >= 15 is 0 Å². The van der Waals surface area contributed by atoms with E-state index in [0.29, 0.717) is 17.1 Å². The van der Waals surface area contributed by atoms with Crippen molar-refractivity contribution in [3.63, 3.8) is 0 Å². The lowest BCUT2D eigenvalue weighted by Crippen LogP contribution is -2.25. The Morgan fingerprint density at radius 2 is 1.58 bits per heavy atom. The van der Waals surface area contributed by atoms with Crippen LogP contribution in [0.15, 0.2) is 63.8 Å². The van der Waals surface area contributed by atoms with Crippen molar-refractivity contribution in [2.24, 2.45) is 0 Å². The molecule has 1 unspecified atom stereocenters. The second-order valence-corrected chi connectivity index (χ2v) is 5.54. The van der Waals surface area contributed by atoms with E-state index in [4.69, 9.17) is 13.9 Å². The zero-order valence-electron chi connectivity index (χ0n) is 13.3. The van der Waals surface area contributed by atoms with Crippen LogP contribution in [0, 0.1) is 6.92 Å². The Balaban J connectivity index is 1.54. The molecule has 1 aromatic heterocycles. The van der Waals surface area contributed by atoms with Crippen molar-refractivity contribution < 1.29 is 19.0 Å². The molecule has 1 heterocycles. The summed E-state index contributed by atoms with van der Waals surface area (Å²) in [7, 11) is 0. The SMILES string of the molecule is Cc1ccc(OCC(O)COc2ccc3ccc(=O)oc3c2)cc1. The Morgan fingerprint density at radius 1 is 0.958 bits per heavy atom. The first-order valence-corrected chi connectivity index (χ1v) is 7.64. The molecule has 24 heavy (non-hydrogen) atoms. The van der Waals surface area contributed by atoms with Crippen LogP contribution in [0.3, 0.4) is 0 Å². The second kappa shape index (κ2) is 7.19. The summed E-state index contributed by atoms with van der Waals surface area (Å²) in [6.45, 7) is 2.21. The van der Waals surface area contributed by atoms with Gasteiger partial charge in [-0.15, -0.1) is 0 Å². The van der Waals surface area contributed by atoms with Crippen molar-refractivity contribution in [3.05, 3.63) is 70.6 Å². The maximum atomic E-state index is 11.2. The van der Waals surface area contributed by atoms with Crippen LogP contribution in [-0.2, 0) is 0 Å². The molecular formula is C19H18O5. The van der Waals surface area contributed by atoms with Crippen LogP contribution in [-0.4, -0.2) is 24.4 Å². The molecule has 1 N–H and O–H groups in total. The third-order valence-electron chi connectivity index (χ3n) is 3.50. The molecule has 5 heteroatoms. The lowest BCUT2D eigenvalue weighted by molar-refractivity contribution is 0.0626. The van der Waals surface area contributed by atoms with E-state index in [-0.39, 0.29) is 13.2 Å². The van der Waals surface area contributed by atoms with Crippen LogP contribution in [0.1, 0.15) is 5.56 Å². The lowest BCUT2D eigenvalue weighted by Gasteiger charge is -2.14. The highest BCUT2D eigenvalue weighted by molar-refractivity contribution is 5.77. The molecule has 3 rings (SSSR count). The predicted molar refractivity (Wildman–Crippen MR) is 90.7 cm³/mol. The van der Waals surface area contributed by atoms with Gasteiger partial charge in [-0.3, -0.25) is 0 Å². The lowest BCUT2D eigenvalue weighted by atomic mass is 10.2. The fraction of sp³-hybridized carbons (Fsp3) is 0.211. The van der Waals surface area contributed by atoms with E-state index in [2.05, 4.69) is 0 Å². The van der Waals surface area contributed by atoms with Gasteiger partial charge in [0.25, 0.3) is 0 Å². The molecule has 0 aliphatic heterocycles. The van der Waals surface area contributed by atoms with Crippen molar-refractivity contribution >= 4 is 11.0 Å².